The van der Waals surface area contributed by atoms with Crippen LogP contribution in [0.2, 0.25) is 0 Å². The molecule has 0 bridgehead atoms. The summed E-state index contributed by atoms with van der Waals surface area (Å²) in [7, 11) is -3.72. The fourth-order valence-corrected chi connectivity index (χ4v) is 3.20. The van der Waals surface area contributed by atoms with Crippen LogP contribution in [-0.2, 0) is 16.6 Å². The number of carbonyl (C=O) groups is 1. The Balaban J connectivity index is 1.80. The van der Waals surface area contributed by atoms with Crippen LogP contribution < -0.4 is 4.72 Å². The molecule has 3 N–H and O–H groups in total. The molecule has 0 radical (unpaired) electrons. The summed E-state index contributed by atoms with van der Waals surface area (Å²) in [4.78, 5) is 17.9. The van der Waals surface area contributed by atoms with Crippen molar-refractivity contribution in [1.82, 2.24) is 14.7 Å². The number of aromatic carboxylic acids is 1. The van der Waals surface area contributed by atoms with Gasteiger partial charge in [-0.05, 0) is 42.0 Å². The lowest BCUT2D eigenvalue weighted by atomic mass is 10.2. The zero-order valence-corrected chi connectivity index (χ0v) is 12.7. The molecule has 0 atom stereocenters. The fraction of sp³-hybridized carbons (Fsp3) is 0.0667. The quantitative estimate of drug-likeness (QED) is 0.659. The number of hydrogen-bond acceptors (Lipinski definition) is 4. The molecule has 0 saturated heterocycles. The van der Waals surface area contributed by atoms with Crippen molar-refractivity contribution in [3.05, 3.63) is 59.9 Å². The van der Waals surface area contributed by atoms with Gasteiger partial charge in [-0.25, -0.2) is 22.9 Å². The molecule has 0 fully saturated rings. The summed E-state index contributed by atoms with van der Waals surface area (Å²) < 4.78 is 27.0. The third-order valence-corrected chi connectivity index (χ3v) is 4.82. The number of carboxylic acid groups (broad SMARTS) is 1. The molecule has 0 unspecified atom stereocenters. The van der Waals surface area contributed by atoms with Gasteiger partial charge in [0.2, 0.25) is 10.0 Å². The van der Waals surface area contributed by atoms with Crippen molar-refractivity contribution in [3.63, 3.8) is 0 Å². The van der Waals surface area contributed by atoms with Gasteiger partial charge in [-0.1, -0.05) is 0 Å². The molecule has 0 aliphatic heterocycles. The third kappa shape index (κ3) is 3.08. The first-order valence-electron chi connectivity index (χ1n) is 6.71. The monoisotopic (exact) mass is 331 g/mol. The Morgan fingerprint density at radius 2 is 1.96 bits per heavy atom. The van der Waals surface area contributed by atoms with Crippen LogP contribution in [0.5, 0.6) is 0 Å². The Morgan fingerprint density at radius 1 is 1.22 bits per heavy atom. The first kappa shape index (κ1) is 15.2. The number of nitrogens with zero attached hydrogens (tertiary/aromatic N) is 1. The molecular weight excluding hydrogens is 318 g/mol. The van der Waals surface area contributed by atoms with Crippen molar-refractivity contribution in [2.45, 2.75) is 11.4 Å². The predicted molar refractivity (Wildman–Crippen MR) is 83.5 cm³/mol. The molecule has 0 aliphatic carbocycles. The Kier molecular flexibility index (Phi) is 3.85. The van der Waals surface area contributed by atoms with Gasteiger partial charge in [0.25, 0.3) is 0 Å². The Morgan fingerprint density at radius 3 is 2.65 bits per heavy atom. The molecule has 23 heavy (non-hydrogen) atoms. The van der Waals surface area contributed by atoms with Gasteiger partial charge in [0.15, 0.2) is 0 Å². The smallest absolute Gasteiger partial charge is 0.335 e. The van der Waals surface area contributed by atoms with Gasteiger partial charge in [-0.2, -0.15) is 0 Å². The van der Waals surface area contributed by atoms with Crippen molar-refractivity contribution in [1.29, 1.82) is 0 Å². The van der Waals surface area contributed by atoms with E-state index in [4.69, 9.17) is 5.11 Å². The highest BCUT2D eigenvalue weighted by Gasteiger charge is 2.15. The van der Waals surface area contributed by atoms with Gasteiger partial charge >= 0.3 is 5.97 Å². The lowest BCUT2D eigenvalue weighted by Gasteiger charge is -2.06. The highest BCUT2D eigenvalue weighted by molar-refractivity contribution is 7.89. The molecule has 2 aromatic heterocycles. The van der Waals surface area contributed by atoms with E-state index in [2.05, 4.69) is 14.7 Å². The molecular formula is C15H13N3O4S. The van der Waals surface area contributed by atoms with Crippen LogP contribution in [0.4, 0.5) is 0 Å². The first-order valence-corrected chi connectivity index (χ1v) is 8.20. The standard InChI is InChI=1S/C15H13N3O4S/c19-15(20)10-3-5-12(6-4-10)23(21,22)18-9-11-8-17-14-13(11)2-1-7-16-14/h1-8,18H,9H2,(H,16,17)(H,19,20). The van der Waals surface area contributed by atoms with Gasteiger partial charge in [-0.15, -0.1) is 0 Å². The van der Waals surface area contributed by atoms with E-state index in [1.807, 2.05) is 6.07 Å². The number of fused-ring (bicyclic) bond motifs is 1. The summed E-state index contributed by atoms with van der Waals surface area (Å²) in [6.45, 7) is 0.106. The minimum atomic E-state index is -3.72. The van der Waals surface area contributed by atoms with Crippen LogP contribution in [0, 0.1) is 0 Å². The number of hydrogen-bond donors (Lipinski definition) is 3. The molecule has 0 aliphatic rings. The van der Waals surface area contributed by atoms with Crippen molar-refractivity contribution in [3.8, 4) is 0 Å². The van der Waals surface area contributed by atoms with Crippen LogP contribution in [0.25, 0.3) is 11.0 Å². The largest absolute Gasteiger partial charge is 0.478 e. The van der Waals surface area contributed by atoms with Gasteiger partial charge in [0.1, 0.15) is 5.65 Å². The summed E-state index contributed by atoms with van der Waals surface area (Å²) in [5, 5.41) is 9.68. The second-order valence-corrected chi connectivity index (χ2v) is 6.63. The number of nitrogens with one attached hydrogen (secondary N) is 2. The minimum Gasteiger partial charge on any atom is -0.478 e. The molecule has 118 valence electrons. The third-order valence-electron chi connectivity index (χ3n) is 3.40. The van der Waals surface area contributed by atoms with E-state index in [1.165, 1.54) is 24.3 Å². The molecule has 0 spiro atoms. The molecule has 3 aromatic rings. The molecule has 0 amide bonds. The van der Waals surface area contributed by atoms with E-state index in [0.717, 1.165) is 10.9 Å². The maximum Gasteiger partial charge on any atom is 0.335 e. The zero-order chi connectivity index (χ0) is 16.4. The number of H-pyrrole nitrogens is 1. The molecule has 1 aromatic carbocycles. The van der Waals surface area contributed by atoms with E-state index in [9.17, 15) is 13.2 Å². The Bertz CT molecular complexity index is 962. The predicted octanol–water partition coefficient (Wildman–Crippen LogP) is 1.74. The summed E-state index contributed by atoms with van der Waals surface area (Å²) in [5.74, 6) is -1.10. The van der Waals surface area contributed by atoms with Crippen LogP contribution >= 0.6 is 0 Å². The van der Waals surface area contributed by atoms with Gasteiger partial charge < -0.3 is 10.1 Å². The average molecular weight is 331 g/mol. The first-order chi connectivity index (χ1) is 11.0. The molecule has 0 saturated carbocycles. The van der Waals surface area contributed by atoms with Crippen LogP contribution in [0.1, 0.15) is 15.9 Å². The van der Waals surface area contributed by atoms with E-state index in [0.29, 0.717) is 5.65 Å². The summed E-state index contributed by atoms with van der Waals surface area (Å²) in [6.07, 6.45) is 3.35. The number of sulfonamides is 1. The lowest BCUT2D eigenvalue weighted by molar-refractivity contribution is 0.0696. The number of rotatable bonds is 5. The summed E-state index contributed by atoms with van der Waals surface area (Å²) in [6, 6.07) is 8.67. The zero-order valence-electron chi connectivity index (χ0n) is 11.9. The lowest BCUT2D eigenvalue weighted by Crippen LogP contribution is -2.23. The van der Waals surface area contributed by atoms with Crippen LogP contribution in [0.15, 0.2) is 53.7 Å². The molecule has 7 nitrogen and oxygen atoms in total. The van der Waals surface area contributed by atoms with Gasteiger partial charge in [0.05, 0.1) is 10.5 Å². The number of benzene rings is 1. The van der Waals surface area contributed by atoms with Crippen molar-refractivity contribution < 1.29 is 18.3 Å². The van der Waals surface area contributed by atoms with Gasteiger partial charge in [0, 0.05) is 24.3 Å². The Labute approximate surface area is 132 Å². The maximum atomic E-state index is 12.3. The SMILES string of the molecule is O=C(O)c1ccc(S(=O)(=O)NCc2c[nH]c3ncccc23)cc1. The Hall–Kier alpha value is -2.71. The number of aromatic amines is 1. The fourth-order valence-electron chi connectivity index (χ4n) is 2.19. The van der Waals surface area contributed by atoms with E-state index in [1.54, 1.807) is 18.5 Å². The van der Waals surface area contributed by atoms with Crippen molar-refractivity contribution in [2.75, 3.05) is 0 Å². The van der Waals surface area contributed by atoms with E-state index < -0.39 is 16.0 Å². The van der Waals surface area contributed by atoms with E-state index >= 15 is 0 Å². The van der Waals surface area contributed by atoms with Crippen LogP contribution in [0.3, 0.4) is 0 Å². The van der Waals surface area contributed by atoms with Crippen LogP contribution in [-0.4, -0.2) is 29.5 Å². The summed E-state index contributed by atoms with van der Waals surface area (Å²) >= 11 is 0. The summed E-state index contributed by atoms with van der Waals surface area (Å²) in [5.41, 5.74) is 1.50. The molecule has 8 heteroatoms. The molecule has 2 heterocycles. The second-order valence-electron chi connectivity index (χ2n) is 4.87. The van der Waals surface area contributed by atoms with Gasteiger partial charge in [-0.3, -0.25) is 0 Å². The highest BCUT2D eigenvalue weighted by Crippen LogP contribution is 2.17. The highest BCUT2D eigenvalue weighted by atomic mass is 32.2. The van der Waals surface area contributed by atoms with E-state index in [-0.39, 0.29) is 17.0 Å². The molecule has 3 rings (SSSR count). The maximum absolute atomic E-state index is 12.3. The minimum absolute atomic E-state index is 0.0143. The number of pyridine rings is 1. The number of aromatic nitrogens is 2. The normalized spacial score (nSPS) is 11.7. The topological polar surface area (TPSA) is 112 Å². The van der Waals surface area contributed by atoms with Crippen molar-refractivity contribution in [2.24, 2.45) is 0 Å². The number of carboxylic acids is 1. The second kappa shape index (κ2) is 5.82. The average Bonchev–Trinajstić information content (AvgIpc) is 2.96. The van der Waals surface area contributed by atoms with Crippen molar-refractivity contribution >= 4 is 27.0 Å².